The van der Waals surface area contributed by atoms with E-state index in [1.165, 1.54) is 17.1 Å². The van der Waals surface area contributed by atoms with Gasteiger partial charge in [-0.2, -0.15) is 9.47 Å². The van der Waals surface area contributed by atoms with Crippen molar-refractivity contribution in [3.63, 3.8) is 0 Å². The summed E-state index contributed by atoms with van der Waals surface area (Å²) < 4.78 is 7.25. The first kappa shape index (κ1) is 22.7. The first-order valence-electron chi connectivity index (χ1n) is 11.0. The molecule has 2 amide bonds. The molecule has 170 valence electrons. The molecule has 2 N–H and O–H groups in total. The minimum absolute atomic E-state index is 0.178. The highest BCUT2D eigenvalue weighted by molar-refractivity contribution is 7.13. The molecule has 0 saturated heterocycles. The molecule has 0 aliphatic rings. The molecule has 0 radical (unpaired) electrons. The summed E-state index contributed by atoms with van der Waals surface area (Å²) in [6.07, 6.45) is 0.718. The number of fused-ring (bicyclic) bond motifs is 1. The van der Waals surface area contributed by atoms with Crippen molar-refractivity contribution in [1.82, 2.24) is 19.5 Å². The molecular formula is C25H27N5O2S. The standard InChI is InChI=1S/C25H27N5O2S/c1-5-30-17(4)19(16(3)28-30)12-13-26-24(31)18-11-10-15(2)21(14-18)27-25(32)23-20-8-6-7-9-22(20)33-29-23/h6-11,14H,5,12-13H2,1-4H3,(H,26,31)(H,27,32). The van der Waals surface area contributed by atoms with E-state index < -0.39 is 0 Å². The fourth-order valence-corrected chi connectivity index (χ4v) is 4.71. The van der Waals surface area contributed by atoms with E-state index >= 15 is 0 Å². The first-order chi connectivity index (χ1) is 15.9. The molecule has 33 heavy (non-hydrogen) atoms. The van der Waals surface area contributed by atoms with E-state index in [0.29, 0.717) is 23.5 Å². The number of aryl methyl sites for hydroxylation is 3. The van der Waals surface area contributed by atoms with Crippen LogP contribution in [0.25, 0.3) is 10.1 Å². The Balaban J connectivity index is 1.44. The van der Waals surface area contributed by atoms with Crippen LogP contribution in [0.2, 0.25) is 0 Å². The van der Waals surface area contributed by atoms with Crippen LogP contribution in [-0.4, -0.2) is 32.5 Å². The van der Waals surface area contributed by atoms with Crippen molar-refractivity contribution in [2.75, 3.05) is 11.9 Å². The summed E-state index contributed by atoms with van der Waals surface area (Å²) in [7, 11) is 0. The van der Waals surface area contributed by atoms with Crippen LogP contribution in [0.15, 0.2) is 42.5 Å². The Kier molecular flexibility index (Phi) is 6.55. The Labute approximate surface area is 197 Å². The van der Waals surface area contributed by atoms with Crippen molar-refractivity contribution in [2.45, 2.75) is 40.7 Å². The molecule has 4 rings (SSSR count). The van der Waals surface area contributed by atoms with Crippen molar-refractivity contribution >= 4 is 39.1 Å². The molecule has 2 aromatic heterocycles. The van der Waals surface area contributed by atoms with Crippen LogP contribution in [-0.2, 0) is 13.0 Å². The van der Waals surface area contributed by atoms with Gasteiger partial charge in [0.05, 0.1) is 10.4 Å². The average Bonchev–Trinajstić information content (AvgIpc) is 3.36. The van der Waals surface area contributed by atoms with Gasteiger partial charge in [-0.3, -0.25) is 14.3 Å². The van der Waals surface area contributed by atoms with Crippen LogP contribution >= 0.6 is 11.5 Å². The Bertz CT molecular complexity index is 1340. The van der Waals surface area contributed by atoms with E-state index in [0.717, 1.165) is 40.0 Å². The van der Waals surface area contributed by atoms with Crippen LogP contribution in [0.1, 0.15) is 50.3 Å². The summed E-state index contributed by atoms with van der Waals surface area (Å²) in [5.74, 6) is -0.463. The van der Waals surface area contributed by atoms with Gasteiger partial charge in [0.1, 0.15) is 5.69 Å². The van der Waals surface area contributed by atoms with Crippen molar-refractivity contribution in [2.24, 2.45) is 0 Å². The third-order valence-corrected chi connectivity index (χ3v) is 6.66. The molecule has 0 spiro atoms. The normalized spacial score (nSPS) is 11.0. The van der Waals surface area contributed by atoms with E-state index in [4.69, 9.17) is 0 Å². The van der Waals surface area contributed by atoms with Crippen molar-refractivity contribution in [3.05, 3.63) is 76.2 Å². The average molecular weight is 462 g/mol. The van der Waals surface area contributed by atoms with Gasteiger partial charge in [-0.1, -0.05) is 24.3 Å². The zero-order chi connectivity index (χ0) is 23.5. The lowest BCUT2D eigenvalue weighted by atomic mass is 10.1. The lowest BCUT2D eigenvalue weighted by Crippen LogP contribution is -2.26. The molecule has 8 heteroatoms. The lowest BCUT2D eigenvalue weighted by molar-refractivity contribution is 0.0952. The quantitative estimate of drug-likeness (QED) is 0.419. The van der Waals surface area contributed by atoms with Crippen molar-refractivity contribution in [1.29, 1.82) is 0 Å². The predicted octanol–water partition coefficient (Wildman–Crippen LogP) is 4.66. The maximum absolute atomic E-state index is 12.9. The fourth-order valence-electron chi connectivity index (χ4n) is 3.94. The minimum atomic E-state index is -0.285. The number of amides is 2. The van der Waals surface area contributed by atoms with Gasteiger partial charge in [-0.05, 0) is 75.0 Å². The van der Waals surface area contributed by atoms with E-state index in [2.05, 4.69) is 34.0 Å². The number of hydrogen-bond donors (Lipinski definition) is 2. The fraction of sp³-hybridized carbons (Fsp3) is 0.280. The molecule has 7 nitrogen and oxygen atoms in total. The van der Waals surface area contributed by atoms with E-state index in [-0.39, 0.29) is 11.8 Å². The molecule has 2 heterocycles. The van der Waals surface area contributed by atoms with Gasteiger partial charge >= 0.3 is 0 Å². The van der Waals surface area contributed by atoms with Crippen LogP contribution in [0.5, 0.6) is 0 Å². The van der Waals surface area contributed by atoms with Crippen molar-refractivity contribution in [3.8, 4) is 0 Å². The number of aromatic nitrogens is 3. The molecular weight excluding hydrogens is 434 g/mol. The smallest absolute Gasteiger partial charge is 0.276 e. The van der Waals surface area contributed by atoms with Crippen LogP contribution in [0, 0.1) is 20.8 Å². The summed E-state index contributed by atoms with van der Waals surface area (Å²) in [6.45, 7) is 9.35. The summed E-state index contributed by atoms with van der Waals surface area (Å²) in [5, 5.41) is 11.3. The number of carbonyl (C=O) groups excluding carboxylic acids is 2. The van der Waals surface area contributed by atoms with Crippen LogP contribution in [0.4, 0.5) is 5.69 Å². The molecule has 0 aliphatic carbocycles. The number of hydrogen-bond acceptors (Lipinski definition) is 5. The monoisotopic (exact) mass is 461 g/mol. The number of nitrogens with one attached hydrogen (secondary N) is 2. The SMILES string of the molecule is CCn1nc(C)c(CCNC(=O)c2ccc(C)c(NC(=O)c3nsc4ccccc34)c2)c1C. The first-order valence-corrected chi connectivity index (χ1v) is 11.7. The summed E-state index contributed by atoms with van der Waals surface area (Å²) in [5.41, 5.74) is 5.67. The van der Waals surface area contributed by atoms with Crippen LogP contribution < -0.4 is 10.6 Å². The summed E-state index contributed by atoms with van der Waals surface area (Å²) in [6, 6.07) is 13.0. The van der Waals surface area contributed by atoms with E-state index in [9.17, 15) is 9.59 Å². The molecule has 4 aromatic rings. The van der Waals surface area contributed by atoms with Gasteiger partial charge in [0.25, 0.3) is 11.8 Å². The Morgan fingerprint density at radius 2 is 1.85 bits per heavy atom. The second kappa shape index (κ2) is 9.54. The maximum Gasteiger partial charge on any atom is 0.276 e. The topological polar surface area (TPSA) is 88.9 Å². The third kappa shape index (κ3) is 4.66. The number of nitrogens with zero attached hydrogens (tertiary/aromatic N) is 3. The van der Waals surface area contributed by atoms with E-state index in [1.807, 2.05) is 48.9 Å². The largest absolute Gasteiger partial charge is 0.352 e. The number of anilines is 1. The highest BCUT2D eigenvalue weighted by Crippen LogP contribution is 2.24. The molecule has 0 unspecified atom stereocenters. The highest BCUT2D eigenvalue weighted by Gasteiger charge is 2.17. The van der Waals surface area contributed by atoms with E-state index in [1.54, 1.807) is 12.1 Å². The third-order valence-electron chi connectivity index (χ3n) is 5.83. The zero-order valence-corrected chi connectivity index (χ0v) is 20.0. The van der Waals surface area contributed by atoms with Gasteiger partial charge in [0, 0.05) is 35.4 Å². The van der Waals surface area contributed by atoms with Gasteiger partial charge in [-0.15, -0.1) is 0 Å². The second-order valence-corrected chi connectivity index (χ2v) is 8.79. The highest BCUT2D eigenvalue weighted by atomic mass is 32.1. The van der Waals surface area contributed by atoms with Gasteiger partial charge in [0.15, 0.2) is 0 Å². The van der Waals surface area contributed by atoms with Crippen LogP contribution in [0.3, 0.4) is 0 Å². The summed E-state index contributed by atoms with van der Waals surface area (Å²) in [4.78, 5) is 25.6. The maximum atomic E-state index is 12.9. The minimum Gasteiger partial charge on any atom is -0.352 e. The number of carbonyl (C=O) groups is 2. The lowest BCUT2D eigenvalue weighted by Gasteiger charge is -2.11. The Hall–Kier alpha value is -3.52. The van der Waals surface area contributed by atoms with Gasteiger partial charge < -0.3 is 10.6 Å². The number of benzene rings is 2. The second-order valence-electron chi connectivity index (χ2n) is 7.98. The Morgan fingerprint density at radius 1 is 1.06 bits per heavy atom. The molecule has 0 aliphatic heterocycles. The molecule has 0 fully saturated rings. The van der Waals surface area contributed by atoms with Crippen molar-refractivity contribution < 1.29 is 9.59 Å². The summed E-state index contributed by atoms with van der Waals surface area (Å²) >= 11 is 1.30. The molecule has 0 bridgehead atoms. The van der Waals surface area contributed by atoms with Gasteiger partial charge in [-0.25, -0.2) is 0 Å². The Morgan fingerprint density at radius 3 is 2.61 bits per heavy atom. The molecule has 2 aromatic carbocycles. The zero-order valence-electron chi connectivity index (χ0n) is 19.2. The predicted molar refractivity (Wildman–Crippen MR) is 132 cm³/mol. The molecule has 0 atom stereocenters. The molecule has 0 saturated carbocycles. The number of rotatable bonds is 7. The van der Waals surface area contributed by atoms with Gasteiger partial charge in [0.2, 0.25) is 0 Å².